The average molecular weight is 322 g/mol. The first-order chi connectivity index (χ1) is 11.6. The van der Waals surface area contributed by atoms with Gasteiger partial charge in [-0.3, -0.25) is 9.36 Å². The number of hydrogen-bond acceptors (Lipinski definition) is 3. The molecule has 5 nitrogen and oxygen atoms in total. The molecule has 3 aromatic rings. The number of carbonyl (C=O) groups is 1. The van der Waals surface area contributed by atoms with Crippen LogP contribution >= 0.6 is 0 Å². The second-order valence-electron chi connectivity index (χ2n) is 5.62. The molecule has 122 valence electrons. The van der Waals surface area contributed by atoms with E-state index in [1.54, 1.807) is 24.3 Å². The number of aromatic nitrogens is 1. The van der Waals surface area contributed by atoms with E-state index in [0.29, 0.717) is 29.8 Å². The molecule has 0 saturated heterocycles. The van der Waals surface area contributed by atoms with Gasteiger partial charge in [-0.05, 0) is 30.7 Å². The summed E-state index contributed by atoms with van der Waals surface area (Å²) in [5, 5.41) is 2.89. The summed E-state index contributed by atoms with van der Waals surface area (Å²) in [6.45, 7) is 6.42. The van der Waals surface area contributed by atoms with Crippen molar-refractivity contribution in [1.29, 1.82) is 0 Å². The molecule has 5 heteroatoms. The Morgan fingerprint density at radius 1 is 1.29 bits per heavy atom. The van der Waals surface area contributed by atoms with Gasteiger partial charge in [0.2, 0.25) is 0 Å². The fourth-order valence-corrected chi connectivity index (χ4v) is 2.61. The second kappa shape index (κ2) is 6.58. The number of rotatable bonds is 5. The maximum atomic E-state index is 12.4. The van der Waals surface area contributed by atoms with Gasteiger partial charge in [0.1, 0.15) is 0 Å². The highest BCUT2D eigenvalue weighted by molar-refractivity contribution is 5.97. The van der Waals surface area contributed by atoms with Crippen molar-refractivity contribution in [3.05, 3.63) is 82.4 Å². The number of benzene rings is 2. The molecule has 1 heterocycles. The lowest BCUT2D eigenvalue weighted by molar-refractivity contribution is 0.0951. The lowest BCUT2D eigenvalue weighted by atomic mass is 10.1. The van der Waals surface area contributed by atoms with Gasteiger partial charge in [-0.1, -0.05) is 35.9 Å². The van der Waals surface area contributed by atoms with Crippen molar-refractivity contribution in [1.82, 2.24) is 9.88 Å². The van der Waals surface area contributed by atoms with Crippen molar-refractivity contribution in [2.75, 3.05) is 0 Å². The Labute approximate surface area is 139 Å². The lowest BCUT2D eigenvalue weighted by Gasteiger charge is -2.06. The monoisotopic (exact) mass is 322 g/mol. The number of nitrogens with one attached hydrogen (secondary N) is 1. The summed E-state index contributed by atoms with van der Waals surface area (Å²) >= 11 is 0. The molecule has 0 aliphatic carbocycles. The maximum absolute atomic E-state index is 12.4. The first-order valence-corrected chi connectivity index (χ1v) is 7.66. The minimum absolute atomic E-state index is 0.197. The zero-order valence-electron chi connectivity index (χ0n) is 13.4. The van der Waals surface area contributed by atoms with Crippen LogP contribution in [0.4, 0.5) is 0 Å². The summed E-state index contributed by atoms with van der Waals surface area (Å²) in [7, 11) is 0. The Balaban J connectivity index is 1.83. The van der Waals surface area contributed by atoms with Crippen LogP contribution in [-0.2, 0) is 13.1 Å². The van der Waals surface area contributed by atoms with E-state index in [1.807, 2.05) is 31.2 Å². The van der Waals surface area contributed by atoms with E-state index in [1.165, 1.54) is 4.57 Å². The highest BCUT2D eigenvalue weighted by atomic mass is 16.4. The molecule has 2 aromatic carbocycles. The largest absolute Gasteiger partial charge is 0.420 e. The number of aryl methyl sites for hydroxylation is 1. The van der Waals surface area contributed by atoms with E-state index in [0.717, 1.165) is 11.1 Å². The molecular formula is C19H18N2O3. The Bertz CT molecular complexity index is 966. The highest BCUT2D eigenvalue weighted by Gasteiger charge is 2.12. The molecule has 0 bridgehead atoms. The first-order valence-electron chi connectivity index (χ1n) is 7.66. The molecule has 1 aromatic heterocycles. The van der Waals surface area contributed by atoms with Crippen LogP contribution in [0.15, 0.2) is 64.3 Å². The average Bonchev–Trinajstić information content (AvgIpc) is 2.88. The standard InChI is InChI=1S/C19H18N2O3/c1-3-9-21-16-11-15(7-8-17(16)24-19(21)23)18(22)20-12-14-6-4-5-13(2)10-14/h3-8,10-11H,1,9,12H2,2H3,(H,20,22). The normalized spacial score (nSPS) is 10.7. The van der Waals surface area contributed by atoms with E-state index in [2.05, 4.69) is 11.9 Å². The minimum Gasteiger partial charge on any atom is -0.408 e. The van der Waals surface area contributed by atoms with Gasteiger partial charge >= 0.3 is 5.76 Å². The van der Waals surface area contributed by atoms with Crippen LogP contribution < -0.4 is 11.1 Å². The van der Waals surface area contributed by atoms with Crippen molar-refractivity contribution in [3.63, 3.8) is 0 Å². The molecule has 0 unspecified atom stereocenters. The Morgan fingerprint density at radius 3 is 2.88 bits per heavy atom. The number of hydrogen-bond donors (Lipinski definition) is 1. The zero-order chi connectivity index (χ0) is 17.1. The van der Waals surface area contributed by atoms with Gasteiger partial charge in [0.25, 0.3) is 5.91 Å². The van der Waals surface area contributed by atoms with Crippen molar-refractivity contribution in [2.45, 2.75) is 20.0 Å². The first kappa shape index (κ1) is 15.8. The van der Waals surface area contributed by atoms with Crippen molar-refractivity contribution in [2.24, 2.45) is 0 Å². The van der Waals surface area contributed by atoms with Crippen LogP contribution in [0.5, 0.6) is 0 Å². The fourth-order valence-electron chi connectivity index (χ4n) is 2.61. The number of carbonyl (C=O) groups excluding carboxylic acids is 1. The van der Waals surface area contributed by atoms with Gasteiger partial charge in [0.05, 0.1) is 5.52 Å². The summed E-state index contributed by atoms with van der Waals surface area (Å²) in [4.78, 5) is 24.2. The van der Waals surface area contributed by atoms with Crippen LogP contribution in [0, 0.1) is 6.92 Å². The number of oxazole rings is 1. The third kappa shape index (κ3) is 3.15. The number of nitrogens with zero attached hydrogens (tertiary/aromatic N) is 1. The highest BCUT2D eigenvalue weighted by Crippen LogP contribution is 2.15. The van der Waals surface area contributed by atoms with Crippen LogP contribution in [0.3, 0.4) is 0 Å². The summed E-state index contributed by atoms with van der Waals surface area (Å²) in [5.41, 5.74) is 3.71. The van der Waals surface area contributed by atoms with Gasteiger partial charge in [0, 0.05) is 18.7 Å². The Hall–Kier alpha value is -3.08. The molecule has 0 fully saturated rings. The topological polar surface area (TPSA) is 64.2 Å². The quantitative estimate of drug-likeness (QED) is 0.734. The van der Waals surface area contributed by atoms with Gasteiger partial charge in [-0.2, -0.15) is 0 Å². The molecule has 0 radical (unpaired) electrons. The predicted octanol–water partition coefficient (Wildman–Crippen LogP) is 3.02. The van der Waals surface area contributed by atoms with E-state index in [-0.39, 0.29) is 5.91 Å². The summed E-state index contributed by atoms with van der Waals surface area (Å²) < 4.78 is 6.60. The fraction of sp³-hybridized carbons (Fsp3) is 0.158. The molecule has 0 aliphatic heterocycles. The van der Waals surface area contributed by atoms with Gasteiger partial charge in [0.15, 0.2) is 5.58 Å². The van der Waals surface area contributed by atoms with Gasteiger partial charge < -0.3 is 9.73 Å². The van der Waals surface area contributed by atoms with Crippen molar-refractivity contribution < 1.29 is 9.21 Å². The van der Waals surface area contributed by atoms with Crippen molar-refractivity contribution in [3.8, 4) is 0 Å². The SMILES string of the molecule is C=CCn1c(=O)oc2ccc(C(=O)NCc3cccc(C)c3)cc21. The van der Waals surface area contributed by atoms with Gasteiger partial charge in [-0.25, -0.2) is 4.79 Å². The summed E-state index contributed by atoms with van der Waals surface area (Å²) in [6, 6.07) is 12.9. The van der Waals surface area contributed by atoms with E-state index in [4.69, 9.17) is 4.42 Å². The van der Waals surface area contributed by atoms with Crippen LogP contribution in [-0.4, -0.2) is 10.5 Å². The third-order valence-corrected chi connectivity index (χ3v) is 3.78. The molecule has 0 aliphatic rings. The minimum atomic E-state index is -0.456. The molecule has 3 rings (SSSR count). The van der Waals surface area contributed by atoms with Crippen LogP contribution in [0.1, 0.15) is 21.5 Å². The number of allylic oxidation sites excluding steroid dienone is 1. The second-order valence-corrected chi connectivity index (χ2v) is 5.62. The Morgan fingerprint density at radius 2 is 2.12 bits per heavy atom. The van der Waals surface area contributed by atoms with Crippen molar-refractivity contribution >= 4 is 17.0 Å². The van der Waals surface area contributed by atoms with E-state index >= 15 is 0 Å². The van der Waals surface area contributed by atoms with Crippen LogP contribution in [0.2, 0.25) is 0 Å². The van der Waals surface area contributed by atoms with E-state index in [9.17, 15) is 9.59 Å². The molecule has 0 spiro atoms. The number of fused-ring (bicyclic) bond motifs is 1. The lowest BCUT2D eigenvalue weighted by Crippen LogP contribution is -2.22. The molecule has 24 heavy (non-hydrogen) atoms. The summed E-state index contributed by atoms with van der Waals surface area (Å²) in [5.74, 6) is -0.653. The molecular weight excluding hydrogens is 304 g/mol. The number of amides is 1. The molecule has 0 atom stereocenters. The Kier molecular flexibility index (Phi) is 4.33. The summed E-state index contributed by atoms with van der Waals surface area (Å²) in [6.07, 6.45) is 1.61. The van der Waals surface area contributed by atoms with Gasteiger partial charge in [-0.15, -0.1) is 6.58 Å². The maximum Gasteiger partial charge on any atom is 0.420 e. The molecule has 1 N–H and O–H groups in total. The third-order valence-electron chi connectivity index (χ3n) is 3.78. The molecule has 0 saturated carbocycles. The van der Waals surface area contributed by atoms with Crippen LogP contribution in [0.25, 0.3) is 11.1 Å². The molecule has 1 amide bonds. The zero-order valence-corrected chi connectivity index (χ0v) is 13.4. The predicted molar refractivity (Wildman–Crippen MR) is 93.0 cm³/mol. The van der Waals surface area contributed by atoms with E-state index < -0.39 is 5.76 Å². The smallest absolute Gasteiger partial charge is 0.408 e.